The number of carbonyl (C=O) groups is 2. The van der Waals surface area contributed by atoms with Crippen LogP contribution in [0.25, 0.3) is 11.1 Å². The van der Waals surface area contributed by atoms with Crippen molar-refractivity contribution in [3.05, 3.63) is 48.5 Å². The Hall–Kier alpha value is -3.02. The van der Waals surface area contributed by atoms with E-state index in [1.165, 1.54) is 9.80 Å². The molecule has 29 heavy (non-hydrogen) atoms. The normalized spacial score (nSPS) is 12.6. The zero-order valence-electron chi connectivity index (χ0n) is 17.1. The van der Waals surface area contributed by atoms with E-state index in [-0.39, 0.29) is 6.67 Å². The first kappa shape index (κ1) is 20.7. The lowest BCUT2D eigenvalue weighted by Gasteiger charge is -2.27. The standard InChI is InChI=1S/C23H28N2O4/c1-3-5-15-28-22(26)24-17-25(23(27)29-16-6-4-2)21-14-10-8-12-19(21)18-11-7-9-13-20(18)24/h7-14H,3-6,15-17H2,1-2H3. The van der Waals surface area contributed by atoms with Gasteiger partial charge in [0.1, 0.15) is 6.67 Å². The molecule has 0 radical (unpaired) electrons. The molecule has 2 aromatic rings. The Kier molecular flexibility index (Phi) is 7.11. The zero-order valence-corrected chi connectivity index (χ0v) is 17.1. The van der Waals surface area contributed by atoms with Crippen LogP contribution in [0.3, 0.4) is 0 Å². The number of rotatable bonds is 6. The topological polar surface area (TPSA) is 59.1 Å². The van der Waals surface area contributed by atoms with Crippen LogP contribution in [0, 0.1) is 0 Å². The van der Waals surface area contributed by atoms with Gasteiger partial charge in [0.25, 0.3) is 0 Å². The summed E-state index contributed by atoms with van der Waals surface area (Å²) in [4.78, 5) is 28.8. The number of fused-ring (bicyclic) bond motifs is 3. The highest BCUT2D eigenvalue weighted by molar-refractivity contribution is 6.03. The van der Waals surface area contributed by atoms with Crippen molar-refractivity contribution in [3.8, 4) is 11.1 Å². The van der Waals surface area contributed by atoms with Gasteiger partial charge in [-0.1, -0.05) is 63.1 Å². The van der Waals surface area contributed by atoms with E-state index in [2.05, 4.69) is 0 Å². The number of anilines is 2. The van der Waals surface area contributed by atoms with Crippen LogP contribution in [0.4, 0.5) is 21.0 Å². The lowest BCUT2D eigenvalue weighted by Crippen LogP contribution is -2.44. The van der Waals surface area contributed by atoms with Gasteiger partial charge < -0.3 is 9.47 Å². The fraction of sp³-hybridized carbons (Fsp3) is 0.391. The summed E-state index contributed by atoms with van der Waals surface area (Å²) < 4.78 is 10.9. The molecule has 0 saturated carbocycles. The molecule has 0 unspecified atom stereocenters. The molecular weight excluding hydrogens is 368 g/mol. The molecule has 1 aliphatic rings. The largest absolute Gasteiger partial charge is 0.449 e. The lowest BCUT2D eigenvalue weighted by molar-refractivity contribution is 0.147. The minimum absolute atomic E-state index is 0.0317. The number of unbranched alkanes of at least 4 members (excludes halogenated alkanes) is 2. The van der Waals surface area contributed by atoms with Crippen molar-refractivity contribution in [1.29, 1.82) is 0 Å². The van der Waals surface area contributed by atoms with Gasteiger partial charge in [0.05, 0.1) is 24.6 Å². The van der Waals surface area contributed by atoms with Gasteiger partial charge in [-0.2, -0.15) is 0 Å². The number of hydrogen-bond acceptors (Lipinski definition) is 4. The SMILES string of the molecule is CCCCOC(=O)N1CN(C(=O)OCCCC)c2ccccc2-c2ccccc21. The van der Waals surface area contributed by atoms with E-state index in [0.29, 0.717) is 24.6 Å². The van der Waals surface area contributed by atoms with E-state index >= 15 is 0 Å². The van der Waals surface area contributed by atoms with Gasteiger partial charge in [-0.15, -0.1) is 0 Å². The second kappa shape index (κ2) is 9.96. The van der Waals surface area contributed by atoms with Crippen molar-refractivity contribution < 1.29 is 19.1 Å². The third-order valence-electron chi connectivity index (χ3n) is 4.85. The molecule has 2 aromatic carbocycles. The maximum Gasteiger partial charge on any atom is 0.415 e. The van der Waals surface area contributed by atoms with Crippen molar-refractivity contribution in [1.82, 2.24) is 0 Å². The molecule has 6 nitrogen and oxygen atoms in total. The minimum Gasteiger partial charge on any atom is -0.449 e. The Labute approximate surface area is 172 Å². The number of nitrogens with zero attached hydrogens (tertiary/aromatic N) is 2. The molecule has 0 aliphatic carbocycles. The van der Waals surface area contributed by atoms with Crippen LogP contribution in [-0.2, 0) is 9.47 Å². The number of amides is 2. The molecular formula is C23H28N2O4. The van der Waals surface area contributed by atoms with Gasteiger partial charge in [-0.25, -0.2) is 9.59 Å². The van der Waals surface area contributed by atoms with Crippen LogP contribution in [0.5, 0.6) is 0 Å². The number of carbonyl (C=O) groups excluding carboxylic acids is 2. The molecule has 0 spiro atoms. The van der Waals surface area contributed by atoms with Crippen LogP contribution < -0.4 is 9.80 Å². The summed E-state index contributed by atoms with van der Waals surface area (Å²) in [6.07, 6.45) is 2.53. The van der Waals surface area contributed by atoms with Gasteiger partial charge in [0.15, 0.2) is 0 Å². The molecule has 154 valence electrons. The first-order chi connectivity index (χ1) is 14.2. The minimum atomic E-state index is -0.468. The Balaban J connectivity index is 1.99. The molecule has 2 amide bonds. The maximum atomic E-state index is 12.9. The summed E-state index contributed by atoms with van der Waals surface area (Å²) in [5, 5.41) is 0. The first-order valence-corrected chi connectivity index (χ1v) is 10.2. The molecule has 3 rings (SSSR count). The molecule has 6 heteroatoms. The van der Waals surface area contributed by atoms with E-state index in [0.717, 1.165) is 36.8 Å². The Bertz CT molecular complexity index is 783. The quantitative estimate of drug-likeness (QED) is 0.578. The highest BCUT2D eigenvalue weighted by Crippen LogP contribution is 2.40. The fourth-order valence-corrected chi connectivity index (χ4v) is 3.24. The highest BCUT2D eigenvalue weighted by atomic mass is 16.6. The van der Waals surface area contributed by atoms with Crippen molar-refractivity contribution in [3.63, 3.8) is 0 Å². The zero-order chi connectivity index (χ0) is 20.6. The van der Waals surface area contributed by atoms with Gasteiger partial charge in [0.2, 0.25) is 0 Å². The molecule has 1 heterocycles. The smallest absolute Gasteiger partial charge is 0.415 e. The second-order valence-corrected chi connectivity index (χ2v) is 6.97. The van der Waals surface area contributed by atoms with Crippen LogP contribution in [0.15, 0.2) is 48.5 Å². The number of benzene rings is 2. The number of para-hydroxylation sites is 2. The Morgan fingerprint density at radius 1 is 0.759 bits per heavy atom. The van der Waals surface area contributed by atoms with E-state index in [9.17, 15) is 9.59 Å². The van der Waals surface area contributed by atoms with E-state index in [1.807, 2.05) is 62.4 Å². The van der Waals surface area contributed by atoms with Crippen molar-refractivity contribution in [2.24, 2.45) is 0 Å². The van der Waals surface area contributed by atoms with Crippen LogP contribution in [-0.4, -0.2) is 32.1 Å². The van der Waals surface area contributed by atoms with Gasteiger partial charge in [-0.3, -0.25) is 9.80 Å². The third-order valence-corrected chi connectivity index (χ3v) is 4.85. The summed E-state index contributed by atoms with van der Waals surface area (Å²) in [6.45, 7) is 4.81. The number of hydrogen-bond donors (Lipinski definition) is 0. The van der Waals surface area contributed by atoms with Crippen molar-refractivity contribution in [2.45, 2.75) is 39.5 Å². The first-order valence-electron chi connectivity index (χ1n) is 10.2. The van der Waals surface area contributed by atoms with Crippen molar-refractivity contribution in [2.75, 3.05) is 29.7 Å². The predicted molar refractivity (Wildman–Crippen MR) is 114 cm³/mol. The van der Waals surface area contributed by atoms with E-state index in [4.69, 9.17) is 9.47 Å². The molecule has 0 N–H and O–H groups in total. The molecule has 0 saturated heterocycles. The van der Waals surface area contributed by atoms with Crippen LogP contribution >= 0.6 is 0 Å². The number of ether oxygens (including phenoxy) is 2. The lowest BCUT2D eigenvalue weighted by atomic mass is 10.0. The molecule has 1 aliphatic heterocycles. The highest BCUT2D eigenvalue weighted by Gasteiger charge is 2.32. The second-order valence-electron chi connectivity index (χ2n) is 6.97. The molecule has 0 atom stereocenters. The van der Waals surface area contributed by atoms with E-state index in [1.54, 1.807) is 0 Å². The summed E-state index contributed by atoms with van der Waals surface area (Å²) in [5.74, 6) is 0. The van der Waals surface area contributed by atoms with Crippen LogP contribution in [0.1, 0.15) is 39.5 Å². The van der Waals surface area contributed by atoms with Gasteiger partial charge >= 0.3 is 12.2 Å². The summed E-state index contributed by atoms with van der Waals surface area (Å²) >= 11 is 0. The summed E-state index contributed by atoms with van der Waals surface area (Å²) in [5.41, 5.74) is 3.18. The van der Waals surface area contributed by atoms with Gasteiger partial charge in [-0.05, 0) is 25.0 Å². The Morgan fingerprint density at radius 3 is 1.59 bits per heavy atom. The predicted octanol–water partition coefficient (Wildman–Crippen LogP) is 5.81. The average Bonchev–Trinajstić information content (AvgIpc) is 2.89. The summed E-state index contributed by atoms with van der Waals surface area (Å²) in [7, 11) is 0. The fourth-order valence-electron chi connectivity index (χ4n) is 3.24. The molecule has 0 aromatic heterocycles. The van der Waals surface area contributed by atoms with Crippen molar-refractivity contribution >= 4 is 23.6 Å². The molecule has 0 fully saturated rings. The van der Waals surface area contributed by atoms with Crippen LogP contribution in [0.2, 0.25) is 0 Å². The average molecular weight is 396 g/mol. The van der Waals surface area contributed by atoms with E-state index < -0.39 is 12.2 Å². The van der Waals surface area contributed by atoms with Gasteiger partial charge in [0, 0.05) is 11.1 Å². The maximum absolute atomic E-state index is 12.9. The third kappa shape index (κ3) is 4.70. The molecule has 0 bridgehead atoms. The monoisotopic (exact) mass is 396 g/mol. The Morgan fingerprint density at radius 2 is 1.17 bits per heavy atom. The summed E-state index contributed by atoms with van der Waals surface area (Å²) in [6, 6.07) is 15.2.